The van der Waals surface area contributed by atoms with Gasteiger partial charge in [0, 0.05) is 13.1 Å². The summed E-state index contributed by atoms with van der Waals surface area (Å²) in [4.78, 5) is 15.9. The van der Waals surface area contributed by atoms with Gasteiger partial charge >= 0.3 is 0 Å². The van der Waals surface area contributed by atoms with Crippen LogP contribution in [0.5, 0.6) is 0 Å². The molecule has 0 spiro atoms. The van der Waals surface area contributed by atoms with Gasteiger partial charge in [0.05, 0.1) is 18.2 Å². The molecule has 2 rings (SSSR count). The van der Waals surface area contributed by atoms with Crippen molar-refractivity contribution in [2.75, 3.05) is 19.6 Å². The molecule has 7 heteroatoms. The Morgan fingerprint density at radius 1 is 1.29 bits per heavy atom. The van der Waals surface area contributed by atoms with E-state index >= 15 is 0 Å². The van der Waals surface area contributed by atoms with Crippen LogP contribution in [0.3, 0.4) is 0 Å². The average molecular weight is 410 g/mol. The number of nitrogens with one attached hydrogen (secondary N) is 3. The molecule has 0 saturated carbocycles. The number of ether oxygens (including phenoxy) is 1. The maximum atomic E-state index is 11.6. The number of carbonyl (C=O) groups excluding carboxylic acids is 1. The molecular formula is C14H27IN4O2. The molecule has 2 saturated heterocycles. The summed E-state index contributed by atoms with van der Waals surface area (Å²) in [6.45, 7) is 5.70. The third-order valence-electron chi connectivity index (χ3n) is 3.73. The Labute approximate surface area is 143 Å². The van der Waals surface area contributed by atoms with Crippen molar-refractivity contribution in [1.82, 2.24) is 16.0 Å². The molecule has 0 radical (unpaired) electrons. The normalized spacial score (nSPS) is 27.1. The van der Waals surface area contributed by atoms with Crippen molar-refractivity contribution in [3.63, 3.8) is 0 Å². The van der Waals surface area contributed by atoms with E-state index in [0.717, 1.165) is 25.8 Å². The van der Waals surface area contributed by atoms with Crippen molar-refractivity contribution < 1.29 is 9.53 Å². The van der Waals surface area contributed by atoms with Crippen LogP contribution < -0.4 is 16.0 Å². The van der Waals surface area contributed by atoms with Gasteiger partial charge in [0.25, 0.3) is 0 Å². The second-order valence-electron chi connectivity index (χ2n) is 5.41. The van der Waals surface area contributed by atoms with Gasteiger partial charge < -0.3 is 20.7 Å². The third-order valence-corrected chi connectivity index (χ3v) is 3.73. The van der Waals surface area contributed by atoms with Crippen molar-refractivity contribution in [3.8, 4) is 0 Å². The van der Waals surface area contributed by atoms with E-state index in [1.807, 2.05) is 13.8 Å². The minimum Gasteiger partial charge on any atom is -0.373 e. The molecule has 2 fully saturated rings. The van der Waals surface area contributed by atoms with Crippen LogP contribution in [0, 0.1) is 0 Å². The van der Waals surface area contributed by atoms with E-state index in [1.165, 1.54) is 6.42 Å². The van der Waals surface area contributed by atoms with Crippen LogP contribution >= 0.6 is 24.0 Å². The fourth-order valence-electron chi connectivity index (χ4n) is 2.76. The van der Waals surface area contributed by atoms with Gasteiger partial charge in [0.1, 0.15) is 6.54 Å². The third kappa shape index (κ3) is 5.61. The molecule has 1 amide bonds. The number of rotatable bonds is 6. The lowest BCUT2D eigenvalue weighted by atomic mass is 9.96. The van der Waals surface area contributed by atoms with E-state index in [9.17, 15) is 4.79 Å². The molecule has 2 aliphatic rings. The van der Waals surface area contributed by atoms with Crippen LogP contribution in [0.15, 0.2) is 4.99 Å². The van der Waals surface area contributed by atoms with Crippen molar-refractivity contribution in [1.29, 1.82) is 0 Å². The van der Waals surface area contributed by atoms with Gasteiger partial charge in [-0.25, -0.2) is 4.99 Å². The number of aliphatic imine (C=N–C) groups is 1. The van der Waals surface area contributed by atoms with E-state index in [1.54, 1.807) is 0 Å². The predicted molar refractivity (Wildman–Crippen MR) is 94.1 cm³/mol. The zero-order chi connectivity index (χ0) is 14.4. The first-order valence-corrected chi connectivity index (χ1v) is 7.70. The zero-order valence-electron chi connectivity index (χ0n) is 12.9. The van der Waals surface area contributed by atoms with E-state index in [2.05, 4.69) is 20.9 Å². The molecule has 2 aliphatic heterocycles. The number of fused-ring (bicyclic) bond motifs is 2. The van der Waals surface area contributed by atoms with Gasteiger partial charge in [-0.15, -0.1) is 24.0 Å². The predicted octanol–water partition coefficient (Wildman–Crippen LogP) is 1.01. The number of halogens is 1. The first-order chi connectivity index (χ1) is 9.72. The van der Waals surface area contributed by atoms with Crippen molar-refractivity contribution >= 4 is 35.8 Å². The fraction of sp³-hybridized carbons (Fsp3) is 0.857. The van der Waals surface area contributed by atoms with E-state index in [4.69, 9.17) is 4.74 Å². The molecule has 3 unspecified atom stereocenters. The van der Waals surface area contributed by atoms with Crippen molar-refractivity contribution in [2.45, 2.75) is 57.8 Å². The number of nitrogens with zero attached hydrogens (tertiary/aromatic N) is 1. The molecule has 3 atom stereocenters. The number of amides is 1. The average Bonchev–Trinajstić information content (AvgIpc) is 3.05. The van der Waals surface area contributed by atoms with Gasteiger partial charge in [-0.1, -0.05) is 6.92 Å². The Morgan fingerprint density at radius 2 is 2.10 bits per heavy atom. The molecule has 21 heavy (non-hydrogen) atoms. The first kappa shape index (κ1) is 18.5. The van der Waals surface area contributed by atoms with Gasteiger partial charge in [-0.05, 0) is 32.6 Å². The molecule has 6 nitrogen and oxygen atoms in total. The Bertz CT molecular complexity index is 365. The minimum atomic E-state index is -0.0340. The number of hydrogen-bond acceptors (Lipinski definition) is 3. The summed E-state index contributed by atoms with van der Waals surface area (Å²) >= 11 is 0. The first-order valence-electron chi connectivity index (χ1n) is 7.70. The second-order valence-corrected chi connectivity index (χ2v) is 5.41. The van der Waals surface area contributed by atoms with Gasteiger partial charge in [-0.2, -0.15) is 0 Å². The number of guanidine groups is 1. The van der Waals surface area contributed by atoms with E-state index in [-0.39, 0.29) is 36.4 Å². The lowest BCUT2D eigenvalue weighted by Crippen LogP contribution is -2.47. The van der Waals surface area contributed by atoms with Gasteiger partial charge in [0.15, 0.2) is 5.96 Å². The van der Waals surface area contributed by atoms with Crippen LogP contribution in [0.1, 0.15) is 39.5 Å². The lowest BCUT2D eigenvalue weighted by Gasteiger charge is -2.22. The molecule has 0 aromatic heterocycles. The van der Waals surface area contributed by atoms with Crippen molar-refractivity contribution in [3.05, 3.63) is 0 Å². The van der Waals surface area contributed by atoms with Crippen LogP contribution in [-0.4, -0.2) is 49.8 Å². The number of hydrogen-bond donors (Lipinski definition) is 3. The summed E-state index contributed by atoms with van der Waals surface area (Å²) < 4.78 is 5.82. The highest BCUT2D eigenvalue weighted by Gasteiger charge is 2.41. The topological polar surface area (TPSA) is 74.8 Å². The minimum absolute atomic E-state index is 0. The number of carbonyl (C=O) groups is 1. The van der Waals surface area contributed by atoms with Crippen molar-refractivity contribution in [2.24, 2.45) is 4.99 Å². The highest BCUT2D eigenvalue weighted by molar-refractivity contribution is 14.0. The van der Waals surface area contributed by atoms with Crippen LogP contribution in [-0.2, 0) is 9.53 Å². The Balaban J connectivity index is 0.00000220. The standard InChI is InChI=1S/C14H26N4O2.HI/c1-3-7-16-13(19)9-17-14(15-4-2)18-11-8-10-5-6-12(11)20-10;/h10-12H,3-9H2,1-2H3,(H,16,19)(H2,15,17,18);1H. The molecular weight excluding hydrogens is 383 g/mol. The smallest absolute Gasteiger partial charge is 0.241 e. The summed E-state index contributed by atoms with van der Waals surface area (Å²) in [5, 5.41) is 9.40. The van der Waals surface area contributed by atoms with Crippen LogP contribution in [0.25, 0.3) is 0 Å². The summed E-state index contributed by atoms with van der Waals surface area (Å²) in [5.74, 6) is 0.675. The molecule has 122 valence electrons. The summed E-state index contributed by atoms with van der Waals surface area (Å²) in [7, 11) is 0. The zero-order valence-corrected chi connectivity index (χ0v) is 15.2. The Morgan fingerprint density at radius 3 is 2.67 bits per heavy atom. The maximum absolute atomic E-state index is 11.6. The molecule has 0 aromatic carbocycles. The molecule has 2 bridgehead atoms. The second kappa shape index (κ2) is 9.45. The maximum Gasteiger partial charge on any atom is 0.241 e. The Kier molecular flexibility index (Phi) is 8.31. The van der Waals surface area contributed by atoms with E-state index in [0.29, 0.717) is 30.8 Å². The monoisotopic (exact) mass is 410 g/mol. The summed E-state index contributed by atoms with van der Waals surface area (Å²) in [6, 6.07) is 0.324. The quantitative estimate of drug-likeness (QED) is 0.347. The van der Waals surface area contributed by atoms with Gasteiger partial charge in [-0.3, -0.25) is 4.79 Å². The van der Waals surface area contributed by atoms with Crippen LogP contribution in [0.2, 0.25) is 0 Å². The summed E-state index contributed by atoms with van der Waals surface area (Å²) in [6.07, 6.45) is 4.99. The molecule has 0 aromatic rings. The largest absolute Gasteiger partial charge is 0.373 e. The lowest BCUT2D eigenvalue weighted by molar-refractivity contribution is -0.119. The molecule has 2 heterocycles. The molecule has 0 aliphatic carbocycles. The molecule has 3 N–H and O–H groups in total. The highest BCUT2D eigenvalue weighted by Crippen LogP contribution is 2.34. The van der Waals surface area contributed by atoms with Gasteiger partial charge in [0.2, 0.25) is 5.91 Å². The SMILES string of the molecule is CCCNC(=O)CN=C(NCC)NC1CC2CCC1O2.I. The fourth-order valence-corrected chi connectivity index (χ4v) is 2.76. The highest BCUT2D eigenvalue weighted by atomic mass is 127. The van der Waals surface area contributed by atoms with E-state index < -0.39 is 0 Å². The summed E-state index contributed by atoms with van der Waals surface area (Å²) in [5.41, 5.74) is 0. The van der Waals surface area contributed by atoms with Crippen LogP contribution in [0.4, 0.5) is 0 Å². The Hall–Kier alpha value is -0.570.